The number of anilines is 2. The highest BCUT2D eigenvalue weighted by Crippen LogP contribution is 2.32. The number of halogens is 2. The second kappa shape index (κ2) is 10.5. The Kier molecular flexibility index (Phi) is 7.47. The summed E-state index contributed by atoms with van der Waals surface area (Å²) in [7, 11) is 0. The number of hydrogen-bond acceptors (Lipinski definition) is 7. The van der Waals surface area contributed by atoms with Crippen LogP contribution in [-0.2, 0) is 19.1 Å². The first-order chi connectivity index (χ1) is 16.7. The zero-order valence-electron chi connectivity index (χ0n) is 18.9. The van der Waals surface area contributed by atoms with Gasteiger partial charge in [-0.05, 0) is 72.3 Å². The van der Waals surface area contributed by atoms with Crippen molar-refractivity contribution in [3.63, 3.8) is 0 Å². The summed E-state index contributed by atoms with van der Waals surface area (Å²) in [6, 6.07) is 18.2. The Morgan fingerprint density at radius 2 is 1.46 bits per heavy atom. The Morgan fingerprint density at radius 3 is 2.00 bits per heavy atom. The Balaban J connectivity index is 1.76. The number of rotatable bonds is 7. The van der Waals surface area contributed by atoms with Crippen molar-refractivity contribution in [3.8, 4) is 0 Å². The molecule has 1 aliphatic heterocycles. The topological polar surface area (TPSA) is 89.8 Å². The average Bonchev–Trinajstić information content (AvgIpc) is 3.33. The minimum Gasteiger partial charge on any atom is -0.467 e. The molecule has 0 spiro atoms. The largest absolute Gasteiger partial charge is 0.467 e. The molecule has 2 aromatic carbocycles. The molecule has 1 saturated heterocycles. The van der Waals surface area contributed by atoms with Crippen LogP contribution in [0.5, 0.6) is 0 Å². The molecule has 0 unspecified atom stereocenters. The van der Waals surface area contributed by atoms with E-state index in [-0.39, 0.29) is 5.57 Å². The summed E-state index contributed by atoms with van der Waals surface area (Å²) >= 11 is 6.86. The molecule has 0 amide bonds. The van der Waals surface area contributed by atoms with Crippen molar-refractivity contribution >= 4 is 55.2 Å². The Hall–Kier alpha value is -3.30. The minimum atomic E-state index is -1.33. The van der Waals surface area contributed by atoms with Crippen molar-refractivity contribution in [2.45, 2.75) is 25.7 Å². The highest BCUT2D eigenvalue weighted by molar-refractivity contribution is 9.10. The molecule has 1 fully saturated rings. The van der Waals surface area contributed by atoms with Crippen LogP contribution in [0.3, 0.4) is 0 Å². The number of benzene rings is 2. The molecule has 0 bridgehead atoms. The molecular formula is C26H22Br2N2O5. The van der Waals surface area contributed by atoms with Crippen LogP contribution in [-0.4, -0.2) is 17.7 Å². The number of nitrogens with one attached hydrogen (secondary N) is 2. The molecule has 1 aromatic heterocycles. The van der Waals surface area contributed by atoms with Crippen LogP contribution >= 0.6 is 31.9 Å². The van der Waals surface area contributed by atoms with Crippen LogP contribution < -0.4 is 10.6 Å². The van der Waals surface area contributed by atoms with E-state index in [0.29, 0.717) is 11.3 Å². The molecule has 0 aliphatic carbocycles. The normalized spacial score (nSPS) is 16.2. The van der Waals surface area contributed by atoms with E-state index in [2.05, 4.69) is 42.5 Å². The Bertz CT molecular complexity index is 1240. The fraction of sp³-hybridized carbons (Fsp3) is 0.154. The molecular weight excluding hydrogens is 580 g/mol. The van der Waals surface area contributed by atoms with Gasteiger partial charge in [0.2, 0.25) is 0 Å². The summed E-state index contributed by atoms with van der Waals surface area (Å²) in [6.07, 6.45) is 4.71. The van der Waals surface area contributed by atoms with Crippen LogP contribution in [0.15, 0.2) is 104 Å². The highest BCUT2D eigenvalue weighted by atomic mass is 79.9. The summed E-state index contributed by atoms with van der Waals surface area (Å²) in [5.74, 6) is -2.28. The molecule has 2 heterocycles. The van der Waals surface area contributed by atoms with Gasteiger partial charge in [-0.2, -0.15) is 0 Å². The third kappa shape index (κ3) is 6.43. The first kappa shape index (κ1) is 24.8. The molecule has 180 valence electrons. The van der Waals surface area contributed by atoms with E-state index < -0.39 is 23.8 Å². The van der Waals surface area contributed by atoms with Gasteiger partial charge in [-0.3, -0.25) is 0 Å². The third-order valence-corrected chi connectivity index (χ3v) is 6.05. The maximum absolute atomic E-state index is 12.7. The Morgan fingerprint density at radius 1 is 0.886 bits per heavy atom. The van der Waals surface area contributed by atoms with Crippen LogP contribution in [0, 0.1) is 0 Å². The lowest BCUT2D eigenvalue weighted by molar-refractivity contribution is -0.222. The summed E-state index contributed by atoms with van der Waals surface area (Å²) in [5.41, 5.74) is 1.93. The van der Waals surface area contributed by atoms with Gasteiger partial charge in [0.1, 0.15) is 17.4 Å². The van der Waals surface area contributed by atoms with Gasteiger partial charge in [-0.25, -0.2) is 9.59 Å². The second-order valence-electron chi connectivity index (χ2n) is 8.13. The third-order valence-electron chi connectivity index (χ3n) is 4.99. The summed E-state index contributed by atoms with van der Waals surface area (Å²) in [4.78, 5) is 25.4. The van der Waals surface area contributed by atoms with E-state index in [9.17, 15) is 9.59 Å². The van der Waals surface area contributed by atoms with Crippen molar-refractivity contribution in [2.75, 3.05) is 10.6 Å². The van der Waals surface area contributed by atoms with Gasteiger partial charge in [-0.15, -0.1) is 0 Å². The lowest BCUT2D eigenvalue weighted by atomic mass is 10.0. The number of carbonyl (C=O) groups excluding carboxylic acids is 2. The van der Waals surface area contributed by atoms with Gasteiger partial charge in [-0.1, -0.05) is 31.9 Å². The number of ether oxygens (including phenoxy) is 2. The molecule has 35 heavy (non-hydrogen) atoms. The predicted octanol–water partition coefficient (Wildman–Crippen LogP) is 6.72. The van der Waals surface area contributed by atoms with Gasteiger partial charge in [0, 0.05) is 40.4 Å². The Labute approximate surface area is 219 Å². The molecule has 2 N–H and O–H groups in total. The van der Waals surface area contributed by atoms with Crippen molar-refractivity contribution in [3.05, 3.63) is 105 Å². The second-order valence-corrected chi connectivity index (χ2v) is 9.96. The maximum atomic E-state index is 12.7. The number of carbonyl (C=O) groups is 2. The van der Waals surface area contributed by atoms with Crippen LogP contribution in [0.4, 0.5) is 11.4 Å². The van der Waals surface area contributed by atoms with E-state index in [1.54, 1.807) is 18.5 Å². The molecule has 1 atom stereocenters. The highest BCUT2D eigenvalue weighted by Gasteiger charge is 2.39. The van der Waals surface area contributed by atoms with E-state index in [1.165, 1.54) is 19.9 Å². The van der Waals surface area contributed by atoms with Gasteiger partial charge < -0.3 is 24.5 Å². The fourth-order valence-electron chi connectivity index (χ4n) is 3.35. The smallest absolute Gasteiger partial charge is 0.348 e. The van der Waals surface area contributed by atoms with Crippen molar-refractivity contribution in [2.24, 2.45) is 0 Å². The molecule has 1 aliphatic rings. The van der Waals surface area contributed by atoms with Crippen LogP contribution in [0.1, 0.15) is 25.6 Å². The standard InChI is InChI=1S/C26H22Br2N2O5/c1-26(2)34-24(31)21(25(32)35-26)14-16(15-29-19-9-5-17(27)6-10-19)23(22-4-3-13-33-22)30-20-11-7-18(28)8-12-20/h3-15,23,29-30H,1-2H3/b16-15-/t23-/m1/s1. The van der Waals surface area contributed by atoms with E-state index in [0.717, 1.165) is 20.3 Å². The van der Waals surface area contributed by atoms with Gasteiger partial charge in [0.15, 0.2) is 0 Å². The number of esters is 2. The van der Waals surface area contributed by atoms with Crippen molar-refractivity contribution in [1.29, 1.82) is 0 Å². The van der Waals surface area contributed by atoms with E-state index >= 15 is 0 Å². The first-order valence-corrected chi connectivity index (χ1v) is 12.2. The lowest BCUT2D eigenvalue weighted by Gasteiger charge is -2.30. The SMILES string of the molecule is CC1(C)OC(=O)C(=C/C(=C/Nc2ccc(Br)cc2)[C@@H](Nc2ccc(Br)cc2)c2ccco2)C(=O)O1. The van der Waals surface area contributed by atoms with E-state index in [4.69, 9.17) is 13.9 Å². The van der Waals surface area contributed by atoms with Crippen molar-refractivity contribution < 1.29 is 23.5 Å². The van der Waals surface area contributed by atoms with E-state index in [1.807, 2.05) is 54.6 Å². The molecule has 0 radical (unpaired) electrons. The minimum absolute atomic E-state index is 0.220. The van der Waals surface area contributed by atoms with Crippen molar-refractivity contribution in [1.82, 2.24) is 0 Å². The lowest BCUT2D eigenvalue weighted by Crippen LogP contribution is -2.42. The first-order valence-electron chi connectivity index (χ1n) is 10.7. The number of hydrogen-bond donors (Lipinski definition) is 2. The molecule has 9 heteroatoms. The monoisotopic (exact) mass is 600 g/mol. The zero-order chi connectivity index (χ0) is 25.0. The molecule has 4 rings (SSSR count). The van der Waals surface area contributed by atoms with Gasteiger partial charge in [0.05, 0.1) is 6.26 Å². The number of cyclic esters (lactones) is 2. The average molecular weight is 602 g/mol. The molecule has 3 aromatic rings. The summed E-state index contributed by atoms with van der Waals surface area (Å²) < 4.78 is 18.1. The zero-order valence-corrected chi connectivity index (χ0v) is 22.1. The molecule has 7 nitrogen and oxygen atoms in total. The van der Waals surface area contributed by atoms with Gasteiger partial charge in [0.25, 0.3) is 5.79 Å². The number of furan rings is 1. The van der Waals surface area contributed by atoms with Gasteiger partial charge >= 0.3 is 11.9 Å². The summed E-state index contributed by atoms with van der Waals surface area (Å²) in [5, 5.41) is 6.63. The fourth-order valence-corrected chi connectivity index (χ4v) is 3.88. The predicted molar refractivity (Wildman–Crippen MR) is 139 cm³/mol. The summed E-state index contributed by atoms with van der Waals surface area (Å²) in [6.45, 7) is 3.01. The van der Waals surface area contributed by atoms with Crippen LogP contribution in [0.2, 0.25) is 0 Å². The quantitative estimate of drug-likeness (QED) is 0.177. The molecule has 0 saturated carbocycles. The maximum Gasteiger partial charge on any atom is 0.348 e. The van der Waals surface area contributed by atoms with Crippen LogP contribution in [0.25, 0.3) is 0 Å².